The maximum absolute atomic E-state index is 14.2. The third-order valence-electron chi connectivity index (χ3n) is 5.87. The van der Waals surface area contributed by atoms with Crippen LogP contribution in [0.25, 0.3) is 0 Å². The summed E-state index contributed by atoms with van der Waals surface area (Å²) in [5, 5.41) is 0. The summed E-state index contributed by atoms with van der Waals surface area (Å²) in [5.74, 6) is -0.205. The fourth-order valence-electron chi connectivity index (χ4n) is 4.25. The van der Waals surface area contributed by atoms with Crippen molar-refractivity contribution in [3.05, 3.63) is 47.3 Å². The van der Waals surface area contributed by atoms with Crippen LogP contribution in [-0.2, 0) is 11.1 Å². The molecule has 3 heterocycles. The van der Waals surface area contributed by atoms with Gasteiger partial charge in [0, 0.05) is 34.8 Å². The molecule has 0 N–H and O–H groups in total. The minimum atomic E-state index is -0.945. The lowest BCUT2D eigenvalue weighted by Crippen LogP contribution is -2.58. The van der Waals surface area contributed by atoms with Crippen molar-refractivity contribution in [3.8, 4) is 0 Å². The Kier molecular flexibility index (Phi) is 4.55. The van der Waals surface area contributed by atoms with Gasteiger partial charge in [0.1, 0.15) is 5.82 Å². The number of carbonyl (C=O) groups is 1. The predicted molar refractivity (Wildman–Crippen MR) is 103 cm³/mol. The summed E-state index contributed by atoms with van der Waals surface area (Å²) in [7, 11) is 0. The number of amides is 2. The summed E-state index contributed by atoms with van der Waals surface area (Å²) >= 11 is 0. The highest BCUT2D eigenvalue weighted by Crippen LogP contribution is 2.32. The Balaban J connectivity index is 1.31. The number of urea groups is 1. The maximum atomic E-state index is 14.2. The van der Waals surface area contributed by atoms with Gasteiger partial charge in [-0.15, -0.1) is 0 Å². The van der Waals surface area contributed by atoms with E-state index in [1.807, 2.05) is 4.90 Å². The molecule has 0 aromatic heterocycles. The normalized spacial score (nSPS) is 29.3. The van der Waals surface area contributed by atoms with Gasteiger partial charge in [-0.2, -0.15) is 0 Å². The molecule has 27 heavy (non-hydrogen) atoms. The molecule has 1 aromatic rings. The Morgan fingerprint density at radius 1 is 1.37 bits per heavy atom. The zero-order valence-electron chi connectivity index (χ0n) is 17.9. The third kappa shape index (κ3) is 4.03. The lowest BCUT2D eigenvalue weighted by Gasteiger charge is -2.46. The van der Waals surface area contributed by atoms with Gasteiger partial charge in [0.25, 0.3) is 0 Å². The van der Waals surface area contributed by atoms with Crippen molar-refractivity contribution < 1.29 is 16.7 Å². The van der Waals surface area contributed by atoms with Crippen molar-refractivity contribution in [1.82, 2.24) is 9.80 Å². The summed E-state index contributed by atoms with van der Waals surface area (Å²) < 4.78 is 36.7. The first-order valence-electron chi connectivity index (χ1n) is 10.9. The minimum absolute atomic E-state index is 0.00568. The van der Waals surface area contributed by atoms with Crippen LogP contribution >= 0.6 is 0 Å². The average molecular weight is 377 g/mol. The maximum Gasteiger partial charge on any atom is 0.320 e. The predicted octanol–water partition coefficient (Wildman–Crippen LogP) is 3.79. The van der Waals surface area contributed by atoms with Gasteiger partial charge in [0.15, 0.2) is 0 Å². The number of halogens is 1. The third-order valence-corrected chi connectivity index (χ3v) is 5.87. The standard InChI is InChI=1S/C22H29FN2O2/c1-15-3-5-18(20(23)10-15)6-4-17-11-25(12-17)22(26)24-8-7-21-19(13-24)9-16(2)14-27-21/h3,5,10,17,19,21H,2,4,6-9,11-14H2,1H3/t19-,21+/m1/s1/i4T,6T/t4?,6?,19-,21+. The molecule has 4 rings (SSSR count). The Bertz CT molecular complexity index is 799. The van der Waals surface area contributed by atoms with Crippen LogP contribution < -0.4 is 0 Å². The second-order valence-corrected chi connectivity index (χ2v) is 8.13. The molecule has 3 aliphatic heterocycles. The second kappa shape index (κ2) is 7.63. The van der Waals surface area contributed by atoms with Crippen molar-refractivity contribution in [2.24, 2.45) is 11.8 Å². The van der Waals surface area contributed by atoms with Gasteiger partial charge in [-0.05, 0) is 55.7 Å². The Morgan fingerprint density at radius 2 is 2.19 bits per heavy atom. The quantitative estimate of drug-likeness (QED) is 0.752. The van der Waals surface area contributed by atoms with E-state index in [1.54, 1.807) is 24.0 Å². The van der Waals surface area contributed by atoms with Gasteiger partial charge in [-0.3, -0.25) is 0 Å². The van der Waals surface area contributed by atoms with Crippen LogP contribution in [0.5, 0.6) is 0 Å². The number of carbonyl (C=O) groups excluding carboxylic acids is 1. The van der Waals surface area contributed by atoms with Crippen molar-refractivity contribution in [2.75, 3.05) is 32.8 Å². The molecule has 0 aliphatic carbocycles. The number of hydrogen-bond acceptors (Lipinski definition) is 2. The van der Waals surface area contributed by atoms with Crippen LogP contribution in [0.2, 0.25) is 0 Å². The summed E-state index contributed by atoms with van der Waals surface area (Å²) in [6.07, 6.45) is 0.286. The Hall–Kier alpha value is -1.88. The van der Waals surface area contributed by atoms with E-state index < -0.39 is 18.6 Å². The zero-order chi connectivity index (χ0) is 20.7. The fraction of sp³-hybridized carbons (Fsp3) is 0.591. The SMILES string of the molecule is [3H]C(c1ccc(C)cc1F)C([3H])C1CN(C(=O)N2CC[C@@H]3OCC(=C)C[C@@H]3C2)C1. The van der Waals surface area contributed by atoms with Crippen LogP contribution in [0.1, 0.15) is 33.1 Å². The lowest BCUT2D eigenvalue weighted by molar-refractivity contribution is -0.0418. The molecule has 3 aliphatic rings. The molecule has 4 nitrogen and oxygen atoms in total. The zero-order valence-corrected chi connectivity index (χ0v) is 15.9. The number of nitrogens with zero attached hydrogens (tertiary/aromatic N) is 2. The summed E-state index contributed by atoms with van der Waals surface area (Å²) in [4.78, 5) is 16.5. The van der Waals surface area contributed by atoms with E-state index in [4.69, 9.17) is 7.48 Å². The van der Waals surface area contributed by atoms with E-state index in [1.165, 1.54) is 6.07 Å². The van der Waals surface area contributed by atoms with Crippen LogP contribution in [0.15, 0.2) is 30.4 Å². The lowest BCUT2D eigenvalue weighted by atomic mass is 9.86. The molecular formula is C22H29FN2O2. The molecule has 2 amide bonds. The van der Waals surface area contributed by atoms with E-state index in [0.717, 1.165) is 24.0 Å². The smallest absolute Gasteiger partial charge is 0.320 e. The van der Waals surface area contributed by atoms with Gasteiger partial charge in [-0.1, -0.05) is 24.3 Å². The van der Waals surface area contributed by atoms with E-state index >= 15 is 0 Å². The number of aryl methyl sites for hydroxylation is 2. The molecule has 0 bridgehead atoms. The van der Waals surface area contributed by atoms with Gasteiger partial charge < -0.3 is 14.5 Å². The van der Waals surface area contributed by atoms with Crippen molar-refractivity contribution in [1.29, 1.82) is 0 Å². The van der Waals surface area contributed by atoms with Crippen molar-refractivity contribution in [3.63, 3.8) is 0 Å². The molecule has 2 unspecified atom stereocenters. The molecule has 4 atom stereocenters. The number of fused-ring (bicyclic) bond motifs is 1. The van der Waals surface area contributed by atoms with Crippen molar-refractivity contribution >= 4 is 6.03 Å². The molecule has 5 heteroatoms. The number of likely N-dealkylation sites (tertiary alicyclic amines) is 2. The Morgan fingerprint density at radius 3 is 2.96 bits per heavy atom. The van der Waals surface area contributed by atoms with Crippen molar-refractivity contribution in [2.45, 2.75) is 38.7 Å². The number of rotatable bonds is 3. The van der Waals surface area contributed by atoms with Gasteiger partial charge in [-0.25, -0.2) is 9.18 Å². The monoisotopic (exact) mass is 376 g/mol. The second-order valence-electron chi connectivity index (χ2n) is 8.13. The number of benzene rings is 1. The number of ether oxygens (including phenoxy) is 1. The first-order chi connectivity index (χ1) is 13.8. The first-order valence-corrected chi connectivity index (χ1v) is 9.76. The number of hydrogen-bond donors (Lipinski definition) is 0. The van der Waals surface area contributed by atoms with E-state index in [0.29, 0.717) is 38.7 Å². The topological polar surface area (TPSA) is 32.8 Å². The average Bonchev–Trinajstić information content (AvgIpc) is 2.65. The molecule has 0 spiro atoms. The molecule has 0 saturated carbocycles. The summed E-state index contributed by atoms with van der Waals surface area (Å²) in [6, 6.07) is 4.80. The highest BCUT2D eigenvalue weighted by Gasteiger charge is 2.39. The van der Waals surface area contributed by atoms with Crippen LogP contribution in [-0.4, -0.2) is 54.7 Å². The van der Waals surface area contributed by atoms with Crippen LogP contribution in [0, 0.1) is 24.6 Å². The van der Waals surface area contributed by atoms with Gasteiger partial charge in [0.05, 0.1) is 12.7 Å². The van der Waals surface area contributed by atoms with Crippen LogP contribution in [0.3, 0.4) is 0 Å². The van der Waals surface area contributed by atoms with Gasteiger partial charge >= 0.3 is 6.03 Å². The van der Waals surface area contributed by atoms with E-state index in [2.05, 4.69) is 6.58 Å². The largest absolute Gasteiger partial charge is 0.373 e. The molecular weight excluding hydrogens is 343 g/mol. The number of piperidine rings is 1. The highest BCUT2D eigenvalue weighted by atomic mass is 19.1. The van der Waals surface area contributed by atoms with E-state index in [9.17, 15) is 9.18 Å². The summed E-state index contributed by atoms with van der Waals surface area (Å²) in [5.41, 5.74) is 2.16. The fourth-order valence-corrected chi connectivity index (χ4v) is 4.25. The van der Waals surface area contributed by atoms with Crippen LogP contribution in [0.4, 0.5) is 9.18 Å². The summed E-state index contributed by atoms with van der Waals surface area (Å²) in [6.45, 7) is 8.74. The Labute approximate surface area is 163 Å². The highest BCUT2D eigenvalue weighted by molar-refractivity contribution is 5.75. The molecule has 0 radical (unpaired) electrons. The molecule has 1 aromatic carbocycles. The minimum Gasteiger partial charge on any atom is -0.373 e. The molecule has 3 saturated heterocycles. The van der Waals surface area contributed by atoms with E-state index in [-0.39, 0.29) is 23.6 Å². The van der Waals surface area contributed by atoms with Gasteiger partial charge in [0.2, 0.25) is 0 Å². The molecule has 146 valence electrons. The molecule has 3 fully saturated rings. The first kappa shape index (κ1) is 16.1.